The molecule has 1 aromatic rings. The van der Waals surface area contributed by atoms with Crippen molar-refractivity contribution in [3.8, 4) is 11.5 Å². The molecule has 0 aromatic heterocycles. The van der Waals surface area contributed by atoms with Crippen molar-refractivity contribution in [1.82, 2.24) is 5.32 Å². The van der Waals surface area contributed by atoms with E-state index in [0.717, 1.165) is 5.56 Å². The van der Waals surface area contributed by atoms with Crippen molar-refractivity contribution in [1.29, 1.82) is 0 Å². The summed E-state index contributed by atoms with van der Waals surface area (Å²) in [5.41, 5.74) is 0.717. The van der Waals surface area contributed by atoms with E-state index in [0.29, 0.717) is 18.0 Å². The Morgan fingerprint density at radius 1 is 1.21 bits per heavy atom. The van der Waals surface area contributed by atoms with Crippen molar-refractivity contribution in [2.24, 2.45) is 0 Å². The molecule has 0 atom stereocenters. The molecule has 0 fully saturated rings. The normalized spacial score (nSPS) is 11.4. The van der Waals surface area contributed by atoms with E-state index in [9.17, 15) is 5.11 Å². The van der Waals surface area contributed by atoms with Crippen LogP contribution in [0.5, 0.6) is 11.5 Å². The van der Waals surface area contributed by atoms with Gasteiger partial charge in [0.1, 0.15) is 6.61 Å². The molecule has 0 spiro atoms. The summed E-state index contributed by atoms with van der Waals surface area (Å²) in [5.74, 6) is 1.25. The Balaban J connectivity index is 2.71. The average Bonchev–Trinajstić information content (AvgIpc) is 2.43. The predicted molar refractivity (Wildman–Crippen MR) is 73.6 cm³/mol. The molecule has 5 nitrogen and oxygen atoms in total. The topological polar surface area (TPSA) is 71.0 Å². The fraction of sp³-hybridized carbons (Fsp3) is 0.571. The predicted octanol–water partition coefficient (Wildman–Crippen LogP) is 0.927. The summed E-state index contributed by atoms with van der Waals surface area (Å²) in [6.45, 7) is 4.78. The van der Waals surface area contributed by atoms with Crippen molar-refractivity contribution in [3.05, 3.63) is 23.8 Å². The van der Waals surface area contributed by atoms with E-state index >= 15 is 0 Å². The lowest BCUT2D eigenvalue weighted by Crippen LogP contribution is -2.42. The number of rotatable bonds is 8. The molecule has 108 valence electrons. The van der Waals surface area contributed by atoms with Crippen molar-refractivity contribution < 1.29 is 19.7 Å². The first-order valence-corrected chi connectivity index (χ1v) is 6.29. The van der Waals surface area contributed by atoms with E-state index in [2.05, 4.69) is 5.32 Å². The monoisotopic (exact) mass is 269 g/mol. The fourth-order valence-electron chi connectivity index (χ4n) is 1.49. The van der Waals surface area contributed by atoms with Gasteiger partial charge in [0, 0.05) is 12.1 Å². The van der Waals surface area contributed by atoms with Gasteiger partial charge in [0.15, 0.2) is 11.5 Å². The van der Waals surface area contributed by atoms with Crippen LogP contribution in [-0.4, -0.2) is 42.7 Å². The maximum absolute atomic E-state index is 9.18. The minimum atomic E-state index is -0.320. The van der Waals surface area contributed by atoms with Gasteiger partial charge in [-0.15, -0.1) is 0 Å². The van der Waals surface area contributed by atoms with Crippen molar-refractivity contribution in [2.45, 2.75) is 25.9 Å². The highest BCUT2D eigenvalue weighted by atomic mass is 16.5. The standard InChI is InChI=1S/C14H23NO4/c1-14(2,10-17)15-9-11-4-5-12(19-7-6-16)13(8-11)18-3/h4-5,8,15-17H,6-7,9-10H2,1-3H3. The highest BCUT2D eigenvalue weighted by Gasteiger charge is 2.15. The number of hydrogen-bond donors (Lipinski definition) is 3. The summed E-state index contributed by atoms with van der Waals surface area (Å²) in [7, 11) is 1.58. The van der Waals surface area contributed by atoms with E-state index in [4.69, 9.17) is 14.6 Å². The number of benzene rings is 1. The van der Waals surface area contributed by atoms with Crippen LogP contribution in [-0.2, 0) is 6.54 Å². The van der Waals surface area contributed by atoms with Crippen molar-refractivity contribution in [3.63, 3.8) is 0 Å². The summed E-state index contributed by atoms with van der Waals surface area (Å²) in [6, 6.07) is 5.63. The molecule has 0 saturated carbocycles. The number of nitrogens with one attached hydrogen (secondary N) is 1. The molecule has 1 rings (SSSR count). The zero-order chi connectivity index (χ0) is 14.3. The minimum absolute atomic E-state index is 0.0306. The molecule has 0 saturated heterocycles. The molecule has 19 heavy (non-hydrogen) atoms. The van der Waals surface area contributed by atoms with Gasteiger partial charge in [0.2, 0.25) is 0 Å². The Hall–Kier alpha value is -1.30. The van der Waals surface area contributed by atoms with Crippen LogP contribution in [0, 0.1) is 0 Å². The van der Waals surface area contributed by atoms with Gasteiger partial charge in [0.05, 0.1) is 20.3 Å². The van der Waals surface area contributed by atoms with Gasteiger partial charge in [-0.2, -0.15) is 0 Å². The zero-order valence-electron chi connectivity index (χ0n) is 11.8. The number of aliphatic hydroxyl groups excluding tert-OH is 2. The third kappa shape index (κ3) is 5.06. The second-order valence-electron chi connectivity index (χ2n) is 4.95. The van der Waals surface area contributed by atoms with Crippen molar-refractivity contribution >= 4 is 0 Å². The molecule has 1 aromatic carbocycles. The smallest absolute Gasteiger partial charge is 0.161 e. The number of methoxy groups -OCH3 is 1. The number of aliphatic hydroxyl groups is 2. The zero-order valence-corrected chi connectivity index (χ0v) is 11.8. The molecule has 0 radical (unpaired) electrons. The summed E-state index contributed by atoms with van der Waals surface area (Å²) in [6.07, 6.45) is 0. The van der Waals surface area contributed by atoms with E-state index in [1.54, 1.807) is 7.11 Å². The molecular formula is C14H23NO4. The van der Waals surface area contributed by atoms with E-state index in [1.165, 1.54) is 0 Å². The Morgan fingerprint density at radius 2 is 1.95 bits per heavy atom. The van der Waals surface area contributed by atoms with Gasteiger partial charge in [-0.25, -0.2) is 0 Å². The second kappa shape index (κ2) is 7.33. The van der Waals surface area contributed by atoms with Gasteiger partial charge in [-0.3, -0.25) is 0 Å². The van der Waals surface area contributed by atoms with Gasteiger partial charge in [-0.05, 0) is 31.5 Å². The van der Waals surface area contributed by atoms with Crippen LogP contribution in [0.3, 0.4) is 0 Å². The van der Waals surface area contributed by atoms with Crippen LogP contribution in [0.2, 0.25) is 0 Å². The molecule has 0 amide bonds. The molecular weight excluding hydrogens is 246 g/mol. The van der Waals surface area contributed by atoms with Gasteiger partial charge < -0.3 is 25.0 Å². The SMILES string of the molecule is COc1cc(CNC(C)(C)CO)ccc1OCCO. The fourth-order valence-corrected chi connectivity index (χ4v) is 1.49. The summed E-state index contributed by atoms with van der Waals surface area (Å²) < 4.78 is 10.6. The maximum Gasteiger partial charge on any atom is 0.161 e. The molecule has 0 aliphatic carbocycles. The van der Waals surface area contributed by atoms with Gasteiger partial charge in [0.25, 0.3) is 0 Å². The lowest BCUT2D eigenvalue weighted by Gasteiger charge is -2.23. The first kappa shape index (κ1) is 15.8. The quantitative estimate of drug-likeness (QED) is 0.655. The molecule has 0 aliphatic rings. The Labute approximate surface area is 114 Å². The summed E-state index contributed by atoms with van der Waals surface area (Å²) in [4.78, 5) is 0. The second-order valence-corrected chi connectivity index (χ2v) is 4.95. The number of hydrogen-bond acceptors (Lipinski definition) is 5. The van der Waals surface area contributed by atoms with Gasteiger partial charge >= 0.3 is 0 Å². The van der Waals surface area contributed by atoms with Crippen molar-refractivity contribution in [2.75, 3.05) is 26.9 Å². The van der Waals surface area contributed by atoms with Gasteiger partial charge in [-0.1, -0.05) is 6.07 Å². The summed E-state index contributed by atoms with van der Waals surface area (Å²) in [5, 5.41) is 21.2. The highest BCUT2D eigenvalue weighted by Crippen LogP contribution is 2.28. The molecule has 0 heterocycles. The maximum atomic E-state index is 9.18. The lowest BCUT2D eigenvalue weighted by molar-refractivity contribution is 0.187. The molecule has 3 N–H and O–H groups in total. The van der Waals surface area contributed by atoms with E-state index in [1.807, 2.05) is 32.0 Å². The molecule has 0 aliphatic heterocycles. The summed E-state index contributed by atoms with van der Waals surface area (Å²) >= 11 is 0. The van der Waals surface area contributed by atoms with Crippen LogP contribution in [0.25, 0.3) is 0 Å². The minimum Gasteiger partial charge on any atom is -0.493 e. The molecule has 0 unspecified atom stereocenters. The highest BCUT2D eigenvalue weighted by molar-refractivity contribution is 5.43. The first-order chi connectivity index (χ1) is 9.02. The first-order valence-electron chi connectivity index (χ1n) is 6.29. The average molecular weight is 269 g/mol. The Kier molecular flexibility index (Phi) is 6.08. The van der Waals surface area contributed by atoms with Crippen LogP contribution in [0.1, 0.15) is 19.4 Å². The van der Waals surface area contributed by atoms with Crippen LogP contribution in [0.4, 0.5) is 0 Å². The molecule has 5 heteroatoms. The van der Waals surface area contributed by atoms with Crippen LogP contribution < -0.4 is 14.8 Å². The third-order valence-electron chi connectivity index (χ3n) is 2.74. The largest absolute Gasteiger partial charge is 0.493 e. The third-order valence-corrected chi connectivity index (χ3v) is 2.74. The Bertz CT molecular complexity index is 393. The van der Waals surface area contributed by atoms with E-state index < -0.39 is 0 Å². The van der Waals surface area contributed by atoms with Crippen LogP contribution in [0.15, 0.2) is 18.2 Å². The van der Waals surface area contributed by atoms with E-state index in [-0.39, 0.29) is 25.4 Å². The number of ether oxygens (including phenoxy) is 2. The molecule has 0 bridgehead atoms. The lowest BCUT2D eigenvalue weighted by atomic mass is 10.1. The van der Waals surface area contributed by atoms with Crippen LogP contribution >= 0.6 is 0 Å². The Morgan fingerprint density at radius 3 is 2.53 bits per heavy atom.